The Kier molecular flexibility index (Phi) is 6.79. The van der Waals surface area contributed by atoms with Gasteiger partial charge in [-0.15, -0.1) is 0 Å². The van der Waals surface area contributed by atoms with Gasteiger partial charge in [-0.3, -0.25) is 9.48 Å². The molecule has 0 radical (unpaired) electrons. The first kappa shape index (κ1) is 22.3. The molecule has 1 N–H and O–H groups in total. The lowest BCUT2D eigenvalue weighted by atomic mass is 9.76. The van der Waals surface area contributed by atoms with Gasteiger partial charge in [-0.1, -0.05) is 6.92 Å². The maximum atomic E-state index is 12.9. The van der Waals surface area contributed by atoms with Gasteiger partial charge in [-0.05, 0) is 55.4 Å². The van der Waals surface area contributed by atoms with Gasteiger partial charge in [0.15, 0.2) is 0 Å². The summed E-state index contributed by atoms with van der Waals surface area (Å²) in [6.07, 6.45) is 3.99. The van der Waals surface area contributed by atoms with E-state index in [-0.39, 0.29) is 23.9 Å². The Balaban J connectivity index is 1.42. The van der Waals surface area contributed by atoms with Gasteiger partial charge in [0.2, 0.25) is 0 Å². The van der Waals surface area contributed by atoms with Crippen molar-refractivity contribution in [3.8, 4) is 5.75 Å². The molecule has 0 atom stereocenters. The number of aromatic nitrogens is 2. The number of hydrogen-bond acceptors (Lipinski definition) is 6. The number of ether oxygens (including phenoxy) is 3. The molecule has 4 rings (SSSR count). The highest BCUT2D eigenvalue weighted by Gasteiger charge is 2.39. The Labute approximate surface area is 188 Å². The SMILES string of the molecule is CCc1nn(CCCOC(=O)c2ccc(OC)cc2)c2c1C(=O)NCC1(CCOCC1)C2. The number of esters is 1. The summed E-state index contributed by atoms with van der Waals surface area (Å²) in [6, 6.07) is 6.85. The molecule has 0 unspecified atom stereocenters. The number of carbonyl (C=O) groups is 2. The van der Waals surface area contributed by atoms with Crippen LogP contribution in [0, 0.1) is 5.41 Å². The normalized spacial score (nSPS) is 17.4. The molecule has 8 nitrogen and oxygen atoms in total. The second-order valence-corrected chi connectivity index (χ2v) is 8.53. The summed E-state index contributed by atoms with van der Waals surface area (Å²) in [5.41, 5.74) is 3.07. The molecule has 8 heteroatoms. The Morgan fingerprint density at radius 2 is 2.00 bits per heavy atom. The standard InChI is InChI=1S/C24H31N3O5/c1-3-19-21-20(15-24(16-25-22(21)28)9-13-31-14-10-24)27(26-19)11-4-12-32-23(29)17-5-7-18(30-2)8-6-17/h5-8H,3-4,9-16H2,1-2H3,(H,25,28). The molecule has 0 bridgehead atoms. The summed E-state index contributed by atoms with van der Waals surface area (Å²) >= 11 is 0. The van der Waals surface area contributed by atoms with Crippen LogP contribution in [0.4, 0.5) is 0 Å². The molecule has 1 spiro atoms. The van der Waals surface area contributed by atoms with Crippen LogP contribution in [0.1, 0.15) is 58.3 Å². The minimum Gasteiger partial charge on any atom is -0.497 e. The summed E-state index contributed by atoms with van der Waals surface area (Å²) < 4.78 is 18.1. The molecule has 1 fully saturated rings. The van der Waals surface area contributed by atoms with Crippen LogP contribution >= 0.6 is 0 Å². The van der Waals surface area contributed by atoms with Crippen molar-refractivity contribution in [1.29, 1.82) is 0 Å². The highest BCUT2D eigenvalue weighted by Crippen LogP contribution is 2.37. The second kappa shape index (κ2) is 9.73. The number of nitrogens with one attached hydrogen (secondary N) is 1. The first-order valence-corrected chi connectivity index (χ1v) is 11.3. The molecule has 2 aromatic rings. The Morgan fingerprint density at radius 3 is 2.69 bits per heavy atom. The quantitative estimate of drug-likeness (QED) is 0.525. The summed E-state index contributed by atoms with van der Waals surface area (Å²) in [4.78, 5) is 25.2. The van der Waals surface area contributed by atoms with E-state index in [1.165, 1.54) is 0 Å². The fraction of sp³-hybridized carbons (Fsp3) is 0.542. The van der Waals surface area contributed by atoms with E-state index in [9.17, 15) is 9.59 Å². The molecule has 1 saturated heterocycles. The fourth-order valence-corrected chi connectivity index (χ4v) is 4.55. The molecule has 0 aliphatic carbocycles. The smallest absolute Gasteiger partial charge is 0.338 e. The summed E-state index contributed by atoms with van der Waals surface area (Å²) in [5, 5.41) is 7.88. The van der Waals surface area contributed by atoms with Gasteiger partial charge >= 0.3 is 5.97 Å². The van der Waals surface area contributed by atoms with Gasteiger partial charge in [-0.25, -0.2) is 4.79 Å². The minimum absolute atomic E-state index is 0.0167. The molecule has 0 saturated carbocycles. The maximum Gasteiger partial charge on any atom is 0.338 e. The number of fused-ring (bicyclic) bond motifs is 1. The zero-order valence-corrected chi connectivity index (χ0v) is 18.8. The molecular formula is C24H31N3O5. The zero-order valence-electron chi connectivity index (χ0n) is 18.8. The molecule has 3 heterocycles. The number of methoxy groups -OCH3 is 1. The first-order valence-electron chi connectivity index (χ1n) is 11.3. The van der Waals surface area contributed by atoms with E-state index in [0.717, 1.165) is 49.4 Å². The molecule has 32 heavy (non-hydrogen) atoms. The van der Waals surface area contributed by atoms with Crippen molar-refractivity contribution in [2.75, 3.05) is 33.5 Å². The van der Waals surface area contributed by atoms with Crippen LogP contribution in [0.2, 0.25) is 0 Å². The van der Waals surface area contributed by atoms with Gasteiger partial charge in [-0.2, -0.15) is 5.10 Å². The van der Waals surface area contributed by atoms with E-state index in [2.05, 4.69) is 5.32 Å². The summed E-state index contributed by atoms with van der Waals surface area (Å²) in [6.45, 7) is 5.02. The maximum absolute atomic E-state index is 12.9. The number of benzene rings is 1. The molecule has 2 aliphatic rings. The average molecular weight is 442 g/mol. The third-order valence-corrected chi connectivity index (χ3v) is 6.49. The van der Waals surface area contributed by atoms with Gasteiger partial charge in [0.05, 0.1) is 36.2 Å². The van der Waals surface area contributed by atoms with Crippen LogP contribution in [-0.4, -0.2) is 55.1 Å². The van der Waals surface area contributed by atoms with Crippen LogP contribution in [-0.2, 0) is 28.9 Å². The van der Waals surface area contributed by atoms with E-state index >= 15 is 0 Å². The van der Waals surface area contributed by atoms with Crippen molar-refractivity contribution >= 4 is 11.9 Å². The average Bonchev–Trinajstić information content (AvgIpc) is 3.10. The van der Waals surface area contributed by atoms with Crippen molar-refractivity contribution in [3.63, 3.8) is 0 Å². The topological polar surface area (TPSA) is 91.7 Å². The monoisotopic (exact) mass is 441 g/mol. The third-order valence-electron chi connectivity index (χ3n) is 6.49. The van der Waals surface area contributed by atoms with Crippen molar-refractivity contribution in [1.82, 2.24) is 15.1 Å². The predicted molar refractivity (Wildman–Crippen MR) is 118 cm³/mol. The van der Waals surface area contributed by atoms with Crippen molar-refractivity contribution in [2.24, 2.45) is 5.41 Å². The van der Waals surface area contributed by atoms with Gasteiger partial charge in [0, 0.05) is 32.7 Å². The number of carbonyl (C=O) groups excluding carboxylic acids is 2. The molecule has 1 amide bonds. The van der Waals surface area contributed by atoms with Crippen LogP contribution in [0.25, 0.3) is 0 Å². The highest BCUT2D eigenvalue weighted by atomic mass is 16.5. The number of hydrogen-bond donors (Lipinski definition) is 1. The molecular weight excluding hydrogens is 410 g/mol. The molecule has 2 aliphatic heterocycles. The van der Waals surface area contributed by atoms with Gasteiger partial charge in [0.25, 0.3) is 5.91 Å². The van der Waals surface area contributed by atoms with Crippen LogP contribution in [0.15, 0.2) is 24.3 Å². The van der Waals surface area contributed by atoms with Gasteiger partial charge in [0.1, 0.15) is 5.75 Å². The Morgan fingerprint density at radius 1 is 1.25 bits per heavy atom. The second-order valence-electron chi connectivity index (χ2n) is 8.53. The fourth-order valence-electron chi connectivity index (χ4n) is 4.55. The highest BCUT2D eigenvalue weighted by molar-refractivity contribution is 5.97. The van der Waals surface area contributed by atoms with Crippen LogP contribution in [0.5, 0.6) is 5.75 Å². The summed E-state index contributed by atoms with van der Waals surface area (Å²) in [7, 11) is 1.58. The lowest BCUT2D eigenvalue weighted by Gasteiger charge is -2.36. The number of rotatable bonds is 7. The van der Waals surface area contributed by atoms with Crippen molar-refractivity contribution in [3.05, 3.63) is 46.8 Å². The zero-order chi connectivity index (χ0) is 22.6. The lowest BCUT2D eigenvalue weighted by molar-refractivity contribution is 0.0152. The van der Waals surface area contributed by atoms with Gasteiger partial charge < -0.3 is 19.5 Å². The van der Waals surface area contributed by atoms with Crippen LogP contribution in [0.3, 0.4) is 0 Å². The first-order chi connectivity index (χ1) is 15.5. The lowest BCUT2D eigenvalue weighted by Crippen LogP contribution is -2.40. The van der Waals surface area contributed by atoms with E-state index in [0.29, 0.717) is 37.2 Å². The van der Waals surface area contributed by atoms with Crippen molar-refractivity contribution in [2.45, 2.75) is 45.6 Å². The predicted octanol–water partition coefficient (Wildman–Crippen LogP) is 2.78. The molecule has 1 aromatic heterocycles. The van der Waals surface area contributed by atoms with E-state index < -0.39 is 0 Å². The van der Waals surface area contributed by atoms with Crippen LogP contribution < -0.4 is 10.1 Å². The van der Waals surface area contributed by atoms with E-state index in [4.69, 9.17) is 19.3 Å². The third kappa shape index (κ3) is 4.65. The Bertz CT molecular complexity index is 961. The number of aryl methyl sites for hydroxylation is 2. The van der Waals surface area contributed by atoms with E-state index in [1.807, 2.05) is 11.6 Å². The number of amides is 1. The summed E-state index contributed by atoms with van der Waals surface area (Å²) in [5.74, 6) is 0.304. The van der Waals surface area contributed by atoms with E-state index in [1.54, 1.807) is 31.4 Å². The number of nitrogens with zero attached hydrogens (tertiary/aromatic N) is 2. The molecule has 172 valence electrons. The van der Waals surface area contributed by atoms with Crippen molar-refractivity contribution < 1.29 is 23.8 Å². The largest absolute Gasteiger partial charge is 0.497 e. The molecule has 1 aromatic carbocycles. The minimum atomic E-state index is -0.360. The Hall–Kier alpha value is -2.87.